The molecule has 0 amide bonds. The number of rotatable bonds is 20. The van der Waals surface area contributed by atoms with Crippen LogP contribution >= 0.6 is 0 Å². The Bertz CT molecular complexity index is 417. The number of esters is 2. The smallest absolute Gasteiger partial charge is 0.308 e. The maximum atomic E-state index is 12.4. The summed E-state index contributed by atoms with van der Waals surface area (Å²) in [5, 5.41) is 0. The Labute approximate surface area is 186 Å². The van der Waals surface area contributed by atoms with Crippen molar-refractivity contribution in [2.75, 3.05) is 13.2 Å². The Morgan fingerprint density at radius 2 is 1.13 bits per heavy atom. The molecule has 0 aliphatic rings. The molecule has 4 nitrogen and oxygen atoms in total. The lowest BCUT2D eigenvalue weighted by Gasteiger charge is -2.15. The number of hydrogen-bond acceptors (Lipinski definition) is 4. The van der Waals surface area contributed by atoms with Crippen molar-refractivity contribution in [3.05, 3.63) is 0 Å². The van der Waals surface area contributed by atoms with Crippen molar-refractivity contribution in [3.63, 3.8) is 0 Å². The summed E-state index contributed by atoms with van der Waals surface area (Å²) in [6, 6.07) is 0. The number of ether oxygens (including phenoxy) is 2. The standard InChI is InChI=1S/C26H50O4/c1-6-15-24(26(28)30-21-14-10-8-12-17-23(4)5)18-19-25(27)29-20-13-9-7-11-16-22(2)3/h22-24H,6-21H2,1-5H3. The molecule has 0 radical (unpaired) electrons. The van der Waals surface area contributed by atoms with Gasteiger partial charge >= 0.3 is 11.9 Å². The second kappa shape index (κ2) is 19.9. The Morgan fingerprint density at radius 3 is 1.63 bits per heavy atom. The molecule has 30 heavy (non-hydrogen) atoms. The van der Waals surface area contributed by atoms with Crippen molar-refractivity contribution >= 4 is 11.9 Å². The molecule has 0 rings (SSSR count). The molecular weight excluding hydrogens is 376 g/mol. The molecule has 0 bridgehead atoms. The van der Waals surface area contributed by atoms with Crippen LogP contribution in [0.3, 0.4) is 0 Å². The largest absolute Gasteiger partial charge is 0.466 e. The van der Waals surface area contributed by atoms with E-state index in [1.54, 1.807) is 0 Å². The average Bonchev–Trinajstić information content (AvgIpc) is 2.68. The number of unbranched alkanes of at least 4 members (excludes halogenated alkanes) is 6. The van der Waals surface area contributed by atoms with Gasteiger partial charge in [-0.25, -0.2) is 0 Å². The van der Waals surface area contributed by atoms with Gasteiger partial charge in [-0.1, -0.05) is 92.4 Å². The summed E-state index contributed by atoms with van der Waals surface area (Å²) >= 11 is 0. The van der Waals surface area contributed by atoms with E-state index in [1.165, 1.54) is 38.5 Å². The summed E-state index contributed by atoms with van der Waals surface area (Å²) in [6.07, 6.45) is 14.1. The van der Waals surface area contributed by atoms with Crippen LogP contribution in [0.15, 0.2) is 0 Å². The first-order chi connectivity index (χ1) is 14.4. The predicted molar refractivity (Wildman–Crippen MR) is 125 cm³/mol. The SMILES string of the molecule is CCCC(CCC(=O)OCCCCCCC(C)C)C(=O)OCCCCCCC(C)C. The molecule has 0 saturated heterocycles. The first kappa shape index (κ1) is 28.9. The highest BCUT2D eigenvalue weighted by Gasteiger charge is 2.20. The lowest BCUT2D eigenvalue weighted by Crippen LogP contribution is -2.20. The van der Waals surface area contributed by atoms with Crippen molar-refractivity contribution in [2.45, 2.75) is 125 Å². The third-order valence-corrected chi connectivity index (χ3v) is 5.53. The second-order valence-corrected chi connectivity index (χ2v) is 9.61. The van der Waals surface area contributed by atoms with Crippen LogP contribution in [0.2, 0.25) is 0 Å². The molecule has 0 spiro atoms. The third kappa shape index (κ3) is 18.9. The van der Waals surface area contributed by atoms with E-state index in [9.17, 15) is 9.59 Å². The molecule has 0 heterocycles. The maximum Gasteiger partial charge on any atom is 0.308 e. The van der Waals surface area contributed by atoms with E-state index in [1.807, 2.05) is 0 Å². The number of hydrogen-bond donors (Lipinski definition) is 0. The topological polar surface area (TPSA) is 52.6 Å². The quantitative estimate of drug-likeness (QED) is 0.149. The fraction of sp³-hybridized carbons (Fsp3) is 0.923. The molecule has 0 aromatic heterocycles. The van der Waals surface area contributed by atoms with Crippen molar-refractivity contribution < 1.29 is 19.1 Å². The molecule has 178 valence electrons. The monoisotopic (exact) mass is 426 g/mol. The predicted octanol–water partition coefficient (Wildman–Crippen LogP) is 7.48. The zero-order valence-corrected chi connectivity index (χ0v) is 20.7. The van der Waals surface area contributed by atoms with Crippen molar-refractivity contribution in [3.8, 4) is 0 Å². The van der Waals surface area contributed by atoms with Gasteiger partial charge in [0.05, 0.1) is 19.1 Å². The molecule has 1 atom stereocenters. The van der Waals surface area contributed by atoms with Crippen LogP contribution in [0.25, 0.3) is 0 Å². The van der Waals surface area contributed by atoms with Crippen LogP contribution in [0.1, 0.15) is 125 Å². The normalized spacial score (nSPS) is 12.4. The first-order valence-corrected chi connectivity index (χ1v) is 12.7. The molecule has 0 aromatic rings. The Morgan fingerprint density at radius 1 is 0.633 bits per heavy atom. The summed E-state index contributed by atoms with van der Waals surface area (Å²) in [7, 11) is 0. The van der Waals surface area contributed by atoms with Gasteiger partial charge in [0.2, 0.25) is 0 Å². The molecule has 4 heteroatoms. The highest BCUT2D eigenvalue weighted by atomic mass is 16.5. The van der Waals surface area contributed by atoms with Crippen molar-refractivity contribution in [1.82, 2.24) is 0 Å². The fourth-order valence-electron chi connectivity index (χ4n) is 3.59. The van der Waals surface area contributed by atoms with Crippen LogP contribution in [-0.4, -0.2) is 25.2 Å². The average molecular weight is 427 g/mol. The van der Waals surface area contributed by atoms with E-state index in [-0.39, 0.29) is 17.9 Å². The van der Waals surface area contributed by atoms with E-state index in [4.69, 9.17) is 9.47 Å². The molecular formula is C26H50O4. The van der Waals surface area contributed by atoms with Gasteiger partial charge in [0, 0.05) is 6.42 Å². The Kier molecular flexibility index (Phi) is 19.2. The fourth-order valence-corrected chi connectivity index (χ4v) is 3.59. The highest BCUT2D eigenvalue weighted by Crippen LogP contribution is 2.17. The van der Waals surface area contributed by atoms with E-state index in [0.717, 1.165) is 50.4 Å². The van der Waals surface area contributed by atoms with Gasteiger partial charge in [-0.2, -0.15) is 0 Å². The van der Waals surface area contributed by atoms with E-state index in [2.05, 4.69) is 34.6 Å². The van der Waals surface area contributed by atoms with E-state index >= 15 is 0 Å². The van der Waals surface area contributed by atoms with E-state index < -0.39 is 0 Å². The second-order valence-electron chi connectivity index (χ2n) is 9.61. The van der Waals surface area contributed by atoms with Gasteiger partial charge in [0.15, 0.2) is 0 Å². The Balaban J connectivity index is 3.84. The van der Waals surface area contributed by atoms with E-state index in [0.29, 0.717) is 26.1 Å². The van der Waals surface area contributed by atoms with Gasteiger partial charge in [-0.15, -0.1) is 0 Å². The Hall–Kier alpha value is -1.06. The minimum Gasteiger partial charge on any atom is -0.466 e. The summed E-state index contributed by atoms with van der Waals surface area (Å²) in [5.41, 5.74) is 0. The summed E-state index contributed by atoms with van der Waals surface area (Å²) < 4.78 is 10.8. The summed E-state index contributed by atoms with van der Waals surface area (Å²) in [4.78, 5) is 24.3. The van der Waals surface area contributed by atoms with Gasteiger partial charge < -0.3 is 9.47 Å². The lowest BCUT2D eigenvalue weighted by molar-refractivity contribution is -0.150. The summed E-state index contributed by atoms with van der Waals surface area (Å²) in [6.45, 7) is 12.1. The molecule has 0 aromatic carbocycles. The number of carbonyl (C=O) groups is 2. The minimum absolute atomic E-state index is 0.142. The van der Waals surface area contributed by atoms with Gasteiger partial charge in [0.1, 0.15) is 0 Å². The van der Waals surface area contributed by atoms with Crippen molar-refractivity contribution in [1.29, 1.82) is 0 Å². The molecule has 1 unspecified atom stereocenters. The van der Waals surface area contributed by atoms with Crippen LogP contribution in [0.4, 0.5) is 0 Å². The molecule has 0 aliphatic heterocycles. The third-order valence-electron chi connectivity index (χ3n) is 5.53. The summed E-state index contributed by atoms with van der Waals surface area (Å²) in [5.74, 6) is 1.02. The number of carbonyl (C=O) groups excluding carboxylic acids is 2. The maximum absolute atomic E-state index is 12.4. The van der Waals surface area contributed by atoms with Crippen LogP contribution in [0, 0.1) is 17.8 Å². The van der Waals surface area contributed by atoms with Gasteiger partial charge in [0.25, 0.3) is 0 Å². The molecule has 0 fully saturated rings. The van der Waals surface area contributed by atoms with Crippen LogP contribution in [-0.2, 0) is 19.1 Å². The zero-order valence-electron chi connectivity index (χ0n) is 20.7. The lowest BCUT2D eigenvalue weighted by atomic mass is 9.98. The molecule has 0 N–H and O–H groups in total. The first-order valence-electron chi connectivity index (χ1n) is 12.7. The van der Waals surface area contributed by atoms with Crippen molar-refractivity contribution in [2.24, 2.45) is 17.8 Å². The van der Waals surface area contributed by atoms with Crippen LogP contribution < -0.4 is 0 Å². The van der Waals surface area contributed by atoms with Crippen LogP contribution in [0.5, 0.6) is 0 Å². The molecule has 0 saturated carbocycles. The minimum atomic E-state index is -0.184. The van der Waals surface area contributed by atoms with Gasteiger partial charge in [-0.3, -0.25) is 9.59 Å². The van der Waals surface area contributed by atoms with Gasteiger partial charge in [-0.05, 0) is 37.5 Å². The zero-order chi connectivity index (χ0) is 22.6. The molecule has 0 aliphatic carbocycles. The highest BCUT2D eigenvalue weighted by molar-refractivity contribution is 5.74.